The number of nitrogens with zero attached hydrogens (tertiary/aromatic N) is 4. The van der Waals surface area contributed by atoms with Crippen molar-refractivity contribution in [3.05, 3.63) is 65.5 Å². The summed E-state index contributed by atoms with van der Waals surface area (Å²) in [4.78, 5) is 29.1. The number of hydrogen-bond donors (Lipinski definition) is 1. The molecular formula is C24H27N5O3S. The molecule has 33 heavy (non-hydrogen) atoms. The van der Waals surface area contributed by atoms with Gasteiger partial charge in [-0.15, -0.1) is 10.2 Å². The molecule has 1 aromatic heterocycles. The molecule has 1 N–H and O–H groups in total. The van der Waals surface area contributed by atoms with Crippen molar-refractivity contribution < 1.29 is 14.0 Å². The summed E-state index contributed by atoms with van der Waals surface area (Å²) in [5.74, 6) is 0.711. The van der Waals surface area contributed by atoms with Crippen molar-refractivity contribution in [2.75, 3.05) is 42.1 Å². The zero-order chi connectivity index (χ0) is 23.2. The molecule has 2 amide bonds. The molecule has 4 rings (SSSR count). The zero-order valence-corrected chi connectivity index (χ0v) is 19.6. The van der Waals surface area contributed by atoms with Crippen molar-refractivity contribution in [2.45, 2.75) is 25.5 Å². The van der Waals surface area contributed by atoms with Gasteiger partial charge in [0.2, 0.25) is 11.8 Å². The lowest BCUT2D eigenvalue weighted by Gasteiger charge is -2.36. The summed E-state index contributed by atoms with van der Waals surface area (Å²) >= 11 is 1.22. The molecule has 3 aromatic rings. The van der Waals surface area contributed by atoms with E-state index in [0.29, 0.717) is 30.6 Å². The van der Waals surface area contributed by atoms with Crippen LogP contribution >= 0.6 is 11.8 Å². The van der Waals surface area contributed by atoms with E-state index in [1.807, 2.05) is 67.3 Å². The molecule has 0 unspecified atom stereocenters. The Morgan fingerprint density at radius 3 is 2.33 bits per heavy atom. The van der Waals surface area contributed by atoms with Crippen molar-refractivity contribution in [3.63, 3.8) is 0 Å². The highest BCUT2D eigenvalue weighted by atomic mass is 32.2. The number of rotatable bonds is 7. The Labute approximate surface area is 197 Å². The average molecular weight is 466 g/mol. The van der Waals surface area contributed by atoms with E-state index in [9.17, 15) is 9.59 Å². The van der Waals surface area contributed by atoms with Gasteiger partial charge in [-0.25, -0.2) is 0 Å². The van der Waals surface area contributed by atoms with Gasteiger partial charge in [0.15, 0.2) is 0 Å². The average Bonchev–Trinajstić information content (AvgIpc) is 3.32. The van der Waals surface area contributed by atoms with Crippen LogP contribution in [-0.2, 0) is 11.2 Å². The van der Waals surface area contributed by atoms with E-state index in [0.717, 1.165) is 35.6 Å². The predicted octanol–water partition coefficient (Wildman–Crippen LogP) is 3.63. The summed E-state index contributed by atoms with van der Waals surface area (Å²) in [5, 5.41) is 11.1. The second kappa shape index (κ2) is 10.5. The molecule has 2 heterocycles. The molecular weight excluding hydrogens is 438 g/mol. The summed E-state index contributed by atoms with van der Waals surface area (Å²) in [6.07, 6.45) is 0.671. The van der Waals surface area contributed by atoms with E-state index < -0.39 is 0 Å². The lowest BCUT2D eigenvalue weighted by atomic mass is 10.1. The van der Waals surface area contributed by atoms with Gasteiger partial charge in [0.25, 0.3) is 11.1 Å². The van der Waals surface area contributed by atoms with E-state index in [-0.39, 0.29) is 17.6 Å². The van der Waals surface area contributed by atoms with E-state index in [1.165, 1.54) is 11.8 Å². The summed E-state index contributed by atoms with van der Waals surface area (Å²) in [6.45, 7) is 6.84. The standard InChI is InChI=1S/C24H27N5O3S/c1-3-22-26-27-24(32-22)33-16-21(30)25-19-8-10-20(11-9-19)28-12-14-29(15-13-28)23(31)18-6-4-17(2)5-7-18/h4-11H,3,12-16H2,1-2H3,(H,25,30). The zero-order valence-electron chi connectivity index (χ0n) is 18.8. The molecule has 1 saturated heterocycles. The lowest BCUT2D eigenvalue weighted by molar-refractivity contribution is -0.113. The number of carbonyl (C=O) groups excluding carboxylic acids is 2. The maximum absolute atomic E-state index is 12.7. The minimum atomic E-state index is -0.132. The van der Waals surface area contributed by atoms with Gasteiger partial charge in [0.05, 0.1) is 5.75 Å². The number of amides is 2. The Bertz CT molecular complexity index is 1090. The molecule has 1 aliphatic rings. The molecule has 1 aliphatic heterocycles. The number of benzene rings is 2. The van der Waals surface area contributed by atoms with Gasteiger partial charge in [0.1, 0.15) is 0 Å². The summed E-state index contributed by atoms with van der Waals surface area (Å²) in [7, 11) is 0. The Morgan fingerprint density at radius 2 is 1.70 bits per heavy atom. The largest absolute Gasteiger partial charge is 0.416 e. The van der Waals surface area contributed by atoms with Gasteiger partial charge in [-0.2, -0.15) is 0 Å². The minimum absolute atomic E-state index is 0.0806. The van der Waals surface area contributed by atoms with Crippen molar-refractivity contribution in [1.29, 1.82) is 0 Å². The first-order valence-corrected chi connectivity index (χ1v) is 12.0. The highest BCUT2D eigenvalue weighted by Crippen LogP contribution is 2.21. The minimum Gasteiger partial charge on any atom is -0.416 e. The van der Waals surface area contributed by atoms with Gasteiger partial charge >= 0.3 is 0 Å². The predicted molar refractivity (Wildman–Crippen MR) is 129 cm³/mol. The quantitative estimate of drug-likeness (QED) is 0.533. The van der Waals surface area contributed by atoms with Crippen LogP contribution in [0.25, 0.3) is 0 Å². The fourth-order valence-electron chi connectivity index (χ4n) is 3.57. The van der Waals surface area contributed by atoms with Crippen LogP contribution in [0.15, 0.2) is 58.2 Å². The van der Waals surface area contributed by atoms with E-state index >= 15 is 0 Å². The number of nitrogens with one attached hydrogen (secondary N) is 1. The van der Waals surface area contributed by atoms with E-state index in [4.69, 9.17) is 4.42 Å². The molecule has 0 saturated carbocycles. The Morgan fingerprint density at radius 1 is 1.00 bits per heavy atom. The number of aromatic nitrogens is 2. The first kappa shape index (κ1) is 22.8. The monoisotopic (exact) mass is 465 g/mol. The Hall–Kier alpha value is -3.33. The van der Waals surface area contributed by atoms with Crippen LogP contribution in [0.5, 0.6) is 0 Å². The number of hydrogen-bond acceptors (Lipinski definition) is 7. The molecule has 0 radical (unpaired) electrons. The molecule has 0 atom stereocenters. The van der Waals surface area contributed by atoms with E-state index in [2.05, 4.69) is 20.4 Å². The molecule has 1 fully saturated rings. The third kappa shape index (κ3) is 5.92. The second-order valence-corrected chi connectivity index (χ2v) is 8.77. The summed E-state index contributed by atoms with van der Waals surface area (Å²) < 4.78 is 5.40. The molecule has 0 bridgehead atoms. The van der Waals surface area contributed by atoms with Gasteiger partial charge in [-0.1, -0.05) is 36.4 Å². The van der Waals surface area contributed by atoms with Crippen LogP contribution in [-0.4, -0.2) is 58.8 Å². The third-order valence-electron chi connectivity index (χ3n) is 5.46. The van der Waals surface area contributed by atoms with Crippen molar-refractivity contribution in [2.24, 2.45) is 0 Å². The first-order chi connectivity index (χ1) is 16.0. The molecule has 2 aromatic carbocycles. The molecule has 0 aliphatic carbocycles. The van der Waals surface area contributed by atoms with E-state index in [1.54, 1.807) is 0 Å². The van der Waals surface area contributed by atoms with Gasteiger partial charge in [-0.05, 0) is 43.3 Å². The third-order valence-corrected chi connectivity index (χ3v) is 6.28. The second-order valence-electron chi connectivity index (χ2n) is 7.84. The number of carbonyl (C=O) groups is 2. The lowest BCUT2D eigenvalue weighted by Crippen LogP contribution is -2.48. The number of thioether (sulfide) groups is 1. The number of aryl methyl sites for hydroxylation is 2. The highest BCUT2D eigenvalue weighted by Gasteiger charge is 2.22. The Kier molecular flexibility index (Phi) is 7.29. The molecule has 172 valence electrons. The fourth-order valence-corrected chi connectivity index (χ4v) is 4.15. The maximum Gasteiger partial charge on any atom is 0.277 e. The van der Waals surface area contributed by atoms with Gasteiger partial charge in [-0.3, -0.25) is 9.59 Å². The van der Waals surface area contributed by atoms with Crippen molar-refractivity contribution in [1.82, 2.24) is 15.1 Å². The maximum atomic E-state index is 12.7. The summed E-state index contributed by atoms with van der Waals surface area (Å²) in [6, 6.07) is 15.5. The topological polar surface area (TPSA) is 91.6 Å². The summed E-state index contributed by atoms with van der Waals surface area (Å²) in [5.41, 5.74) is 3.68. The number of anilines is 2. The van der Waals surface area contributed by atoms with Crippen LogP contribution in [0.1, 0.15) is 28.7 Å². The molecule has 9 heteroatoms. The normalized spacial score (nSPS) is 13.8. The SMILES string of the molecule is CCc1nnc(SCC(=O)Nc2ccc(N3CCN(C(=O)c4ccc(C)cc4)CC3)cc2)o1. The van der Waals surface area contributed by atoms with Crippen LogP contribution in [0.4, 0.5) is 11.4 Å². The van der Waals surface area contributed by atoms with Crippen molar-refractivity contribution in [3.8, 4) is 0 Å². The van der Waals surface area contributed by atoms with Crippen LogP contribution in [0, 0.1) is 6.92 Å². The Balaban J connectivity index is 1.25. The van der Waals surface area contributed by atoms with Crippen LogP contribution in [0.3, 0.4) is 0 Å². The fraction of sp³-hybridized carbons (Fsp3) is 0.333. The van der Waals surface area contributed by atoms with Crippen molar-refractivity contribution >= 4 is 35.0 Å². The smallest absolute Gasteiger partial charge is 0.277 e. The van der Waals surface area contributed by atoms with Crippen LogP contribution < -0.4 is 10.2 Å². The van der Waals surface area contributed by atoms with Gasteiger partial charge < -0.3 is 19.5 Å². The molecule has 0 spiro atoms. The first-order valence-electron chi connectivity index (χ1n) is 11.0. The number of piperazine rings is 1. The van der Waals surface area contributed by atoms with Crippen LogP contribution in [0.2, 0.25) is 0 Å². The van der Waals surface area contributed by atoms with Gasteiger partial charge in [0, 0.05) is 49.5 Å². The highest BCUT2D eigenvalue weighted by molar-refractivity contribution is 7.99. The molecule has 8 nitrogen and oxygen atoms in total.